The highest BCUT2D eigenvalue weighted by atomic mass is 32.1. The topological polar surface area (TPSA) is 79.5 Å². The fourth-order valence-corrected chi connectivity index (χ4v) is 2.86. The minimum Gasteiger partial charge on any atom is -0.465 e. The number of fused-ring (bicyclic) bond motifs is 1. The van der Waals surface area contributed by atoms with Crippen LogP contribution in [0.25, 0.3) is 0 Å². The number of carboxylic acid groups (broad SMARTS) is 1. The SMILES string of the molecule is CC(C)C1c2nc(N)sc2CN1C(=O)O. The highest BCUT2D eigenvalue weighted by Gasteiger charge is 2.38. The van der Waals surface area contributed by atoms with Crippen molar-refractivity contribution in [1.29, 1.82) is 0 Å². The molecule has 1 atom stereocenters. The Kier molecular flexibility index (Phi) is 2.30. The summed E-state index contributed by atoms with van der Waals surface area (Å²) in [6.45, 7) is 4.40. The summed E-state index contributed by atoms with van der Waals surface area (Å²) in [7, 11) is 0. The fraction of sp³-hybridized carbons (Fsp3) is 0.556. The summed E-state index contributed by atoms with van der Waals surface area (Å²) in [6.07, 6.45) is -0.891. The molecule has 3 N–H and O–H groups in total. The van der Waals surface area contributed by atoms with E-state index in [9.17, 15) is 4.79 Å². The van der Waals surface area contributed by atoms with Gasteiger partial charge in [0.05, 0.1) is 23.2 Å². The number of hydrogen-bond donors (Lipinski definition) is 2. The molecule has 0 saturated carbocycles. The number of thiazole rings is 1. The molecule has 5 nitrogen and oxygen atoms in total. The second-order valence-electron chi connectivity index (χ2n) is 3.96. The van der Waals surface area contributed by atoms with E-state index in [2.05, 4.69) is 4.98 Å². The lowest BCUT2D eigenvalue weighted by atomic mass is 10.0. The van der Waals surface area contributed by atoms with Crippen LogP contribution in [0.2, 0.25) is 0 Å². The van der Waals surface area contributed by atoms with E-state index in [-0.39, 0.29) is 12.0 Å². The van der Waals surface area contributed by atoms with Crippen LogP contribution in [-0.4, -0.2) is 21.1 Å². The van der Waals surface area contributed by atoms with Gasteiger partial charge in [-0.2, -0.15) is 0 Å². The molecule has 1 unspecified atom stereocenters. The molecule has 1 amide bonds. The monoisotopic (exact) mass is 227 g/mol. The first-order chi connectivity index (χ1) is 7.00. The minimum absolute atomic E-state index is 0.147. The Morgan fingerprint density at radius 3 is 2.93 bits per heavy atom. The normalized spacial score (nSPS) is 19.7. The first kappa shape index (κ1) is 10.2. The third kappa shape index (κ3) is 1.54. The molecular weight excluding hydrogens is 214 g/mol. The van der Waals surface area contributed by atoms with Gasteiger partial charge < -0.3 is 10.8 Å². The summed E-state index contributed by atoms with van der Waals surface area (Å²) in [4.78, 5) is 17.7. The smallest absolute Gasteiger partial charge is 0.408 e. The zero-order valence-corrected chi connectivity index (χ0v) is 9.41. The van der Waals surface area contributed by atoms with Crippen LogP contribution in [0.3, 0.4) is 0 Å². The predicted octanol–water partition coefficient (Wildman–Crippen LogP) is 1.92. The van der Waals surface area contributed by atoms with Crippen molar-refractivity contribution in [3.63, 3.8) is 0 Å². The average molecular weight is 227 g/mol. The Bertz CT molecular complexity index is 402. The predicted molar refractivity (Wildman–Crippen MR) is 57.7 cm³/mol. The van der Waals surface area contributed by atoms with Crippen LogP contribution < -0.4 is 5.73 Å². The van der Waals surface area contributed by atoms with Gasteiger partial charge in [-0.25, -0.2) is 9.78 Å². The molecule has 15 heavy (non-hydrogen) atoms. The maximum atomic E-state index is 11.0. The van der Waals surface area contributed by atoms with E-state index in [0.717, 1.165) is 10.6 Å². The molecule has 6 heteroatoms. The average Bonchev–Trinajstić information content (AvgIpc) is 2.58. The Balaban J connectivity index is 2.39. The van der Waals surface area contributed by atoms with E-state index in [1.54, 1.807) is 0 Å². The maximum absolute atomic E-state index is 11.0. The second-order valence-corrected chi connectivity index (χ2v) is 5.08. The third-order valence-electron chi connectivity index (χ3n) is 2.55. The number of nitrogen functional groups attached to an aromatic ring is 1. The van der Waals surface area contributed by atoms with E-state index in [1.165, 1.54) is 16.2 Å². The van der Waals surface area contributed by atoms with Crippen LogP contribution in [0.5, 0.6) is 0 Å². The number of rotatable bonds is 1. The lowest BCUT2D eigenvalue weighted by Crippen LogP contribution is -2.31. The summed E-state index contributed by atoms with van der Waals surface area (Å²) >= 11 is 1.38. The molecule has 0 bridgehead atoms. The van der Waals surface area contributed by atoms with E-state index in [1.807, 2.05) is 13.8 Å². The summed E-state index contributed by atoms with van der Waals surface area (Å²) in [5.74, 6) is 0.212. The van der Waals surface area contributed by atoms with Crippen LogP contribution in [0, 0.1) is 5.92 Å². The summed E-state index contributed by atoms with van der Waals surface area (Å²) in [5, 5.41) is 9.59. The highest BCUT2D eigenvalue weighted by Crippen LogP contribution is 2.41. The number of aromatic nitrogens is 1. The molecule has 2 rings (SSSR count). The van der Waals surface area contributed by atoms with Crippen LogP contribution in [0.15, 0.2) is 0 Å². The summed E-state index contributed by atoms with van der Waals surface area (Å²) < 4.78 is 0. The fourth-order valence-electron chi connectivity index (χ4n) is 1.99. The molecule has 2 heterocycles. The standard InChI is InChI=1S/C9H13N3O2S/c1-4(2)7-6-5(15-8(10)11-6)3-12(7)9(13)14/h4,7H,3H2,1-2H3,(H2,10,11)(H,13,14). The molecular formula is C9H13N3O2S. The zero-order valence-electron chi connectivity index (χ0n) is 8.60. The van der Waals surface area contributed by atoms with Crippen molar-refractivity contribution >= 4 is 22.6 Å². The van der Waals surface area contributed by atoms with E-state index >= 15 is 0 Å². The van der Waals surface area contributed by atoms with Gasteiger partial charge in [0.25, 0.3) is 0 Å². The quantitative estimate of drug-likeness (QED) is 0.768. The molecule has 0 radical (unpaired) electrons. The Labute approximate surface area is 91.5 Å². The molecule has 1 aromatic rings. The van der Waals surface area contributed by atoms with Gasteiger partial charge >= 0.3 is 6.09 Å². The Morgan fingerprint density at radius 1 is 1.73 bits per heavy atom. The minimum atomic E-state index is -0.891. The van der Waals surface area contributed by atoms with Gasteiger partial charge in [-0.15, -0.1) is 11.3 Å². The van der Waals surface area contributed by atoms with Gasteiger partial charge in [0.15, 0.2) is 5.13 Å². The number of nitrogens with two attached hydrogens (primary N) is 1. The van der Waals surface area contributed by atoms with Gasteiger partial charge in [-0.1, -0.05) is 13.8 Å². The van der Waals surface area contributed by atoms with Crippen LogP contribution in [0.1, 0.15) is 30.5 Å². The molecule has 1 aromatic heterocycles. The molecule has 1 aliphatic rings. The zero-order chi connectivity index (χ0) is 11.2. The number of hydrogen-bond acceptors (Lipinski definition) is 4. The van der Waals surface area contributed by atoms with E-state index in [4.69, 9.17) is 10.8 Å². The number of amides is 1. The van der Waals surface area contributed by atoms with Gasteiger partial charge in [0, 0.05) is 0 Å². The van der Waals surface area contributed by atoms with Gasteiger partial charge in [0.1, 0.15) is 0 Å². The summed E-state index contributed by atoms with van der Waals surface area (Å²) in [5.41, 5.74) is 6.46. The lowest BCUT2D eigenvalue weighted by molar-refractivity contribution is 0.115. The van der Waals surface area contributed by atoms with Crippen molar-refractivity contribution in [2.45, 2.75) is 26.4 Å². The van der Waals surface area contributed by atoms with Crippen molar-refractivity contribution in [1.82, 2.24) is 9.88 Å². The highest BCUT2D eigenvalue weighted by molar-refractivity contribution is 7.15. The molecule has 0 fully saturated rings. The third-order valence-corrected chi connectivity index (χ3v) is 3.44. The van der Waals surface area contributed by atoms with Crippen molar-refractivity contribution in [3.8, 4) is 0 Å². The van der Waals surface area contributed by atoms with Crippen molar-refractivity contribution in [2.75, 3.05) is 5.73 Å². The lowest BCUT2D eigenvalue weighted by Gasteiger charge is -2.24. The van der Waals surface area contributed by atoms with Gasteiger partial charge in [0.2, 0.25) is 0 Å². The van der Waals surface area contributed by atoms with Crippen LogP contribution >= 0.6 is 11.3 Å². The molecule has 0 saturated heterocycles. The van der Waals surface area contributed by atoms with Gasteiger partial charge in [-0.05, 0) is 5.92 Å². The Morgan fingerprint density at radius 2 is 2.40 bits per heavy atom. The molecule has 82 valence electrons. The maximum Gasteiger partial charge on any atom is 0.408 e. The summed E-state index contributed by atoms with van der Waals surface area (Å²) in [6, 6.07) is -0.147. The molecule has 1 aliphatic heterocycles. The number of nitrogens with zero attached hydrogens (tertiary/aromatic N) is 2. The first-order valence-electron chi connectivity index (χ1n) is 4.75. The first-order valence-corrected chi connectivity index (χ1v) is 5.57. The molecule has 0 aromatic carbocycles. The van der Waals surface area contributed by atoms with Crippen molar-refractivity contribution < 1.29 is 9.90 Å². The van der Waals surface area contributed by atoms with Crippen LogP contribution in [0.4, 0.5) is 9.93 Å². The molecule has 0 aliphatic carbocycles. The van der Waals surface area contributed by atoms with E-state index < -0.39 is 6.09 Å². The molecule has 0 spiro atoms. The second kappa shape index (κ2) is 3.37. The number of carbonyl (C=O) groups is 1. The Hall–Kier alpha value is -1.30. The van der Waals surface area contributed by atoms with Crippen molar-refractivity contribution in [3.05, 3.63) is 10.6 Å². The van der Waals surface area contributed by atoms with Crippen molar-refractivity contribution in [2.24, 2.45) is 5.92 Å². The largest absolute Gasteiger partial charge is 0.465 e. The van der Waals surface area contributed by atoms with Gasteiger partial charge in [-0.3, -0.25) is 4.90 Å². The number of anilines is 1. The van der Waals surface area contributed by atoms with E-state index in [0.29, 0.717) is 11.7 Å². The van der Waals surface area contributed by atoms with Crippen LogP contribution in [-0.2, 0) is 6.54 Å².